The summed E-state index contributed by atoms with van der Waals surface area (Å²) in [5, 5.41) is 5.80. The highest BCUT2D eigenvalue weighted by Crippen LogP contribution is 2.20. The van der Waals surface area contributed by atoms with Crippen molar-refractivity contribution >= 4 is 23.2 Å². The van der Waals surface area contributed by atoms with Gasteiger partial charge in [-0.15, -0.1) is 0 Å². The van der Waals surface area contributed by atoms with Gasteiger partial charge in [-0.25, -0.2) is 0 Å². The van der Waals surface area contributed by atoms with E-state index in [4.69, 9.17) is 4.74 Å². The number of carbonyl (C=O) groups excluding carboxylic acids is 2. The molecule has 0 saturated carbocycles. The molecule has 3 aromatic carbocycles. The van der Waals surface area contributed by atoms with E-state index in [0.717, 1.165) is 29.8 Å². The molecule has 1 saturated heterocycles. The van der Waals surface area contributed by atoms with Gasteiger partial charge in [-0.3, -0.25) is 14.5 Å². The highest BCUT2D eigenvalue weighted by Gasteiger charge is 2.14. The van der Waals surface area contributed by atoms with E-state index in [9.17, 15) is 9.59 Å². The Bertz CT molecular complexity index is 1030. The Morgan fingerprint density at radius 1 is 0.719 bits per heavy atom. The molecular formula is C26H27N3O3. The molecule has 1 fully saturated rings. The summed E-state index contributed by atoms with van der Waals surface area (Å²) in [6.07, 6.45) is 0.299. The highest BCUT2D eigenvalue weighted by molar-refractivity contribution is 5.94. The van der Waals surface area contributed by atoms with E-state index in [1.165, 1.54) is 0 Å². The number of hydrogen-bond acceptors (Lipinski definition) is 4. The van der Waals surface area contributed by atoms with E-state index < -0.39 is 0 Å². The van der Waals surface area contributed by atoms with Crippen LogP contribution in [0.1, 0.15) is 5.56 Å². The molecule has 4 rings (SSSR count). The minimum Gasteiger partial charge on any atom is -0.379 e. The monoisotopic (exact) mass is 429 g/mol. The van der Waals surface area contributed by atoms with Gasteiger partial charge in [-0.1, -0.05) is 54.6 Å². The lowest BCUT2D eigenvalue weighted by Gasteiger charge is -2.25. The van der Waals surface area contributed by atoms with Gasteiger partial charge in [0.25, 0.3) is 0 Å². The largest absolute Gasteiger partial charge is 0.379 e. The van der Waals surface area contributed by atoms with Crippen molar-refractivity contribution in [3.05, 3.63) is 84.4 Å². The molecule has 1 aliphatic rings. The van der Waals surface area contributed by atoms with Crippen LogP contribution in [0.5, 0.6) is 0 Å². The summed E-state index contributed by atoms with van der Waals surface area (Å²) in [7, 11) is 0. The molecule has 0 unspecified atom stereocenters. The molecule has 6 nitrogen and oxygen atoms in total. The van der Waals surface area contributed by atoms with Crippen LogP contribution >= 0.6 is 0 Å². The quantitative estimate of drug-likeness (QED) is 0.599. The fraction of sp³-hybridized carbons (Fsp3) is 0.231. The Hall–Kier alpha value is -3.48. The SMILES string of the molecule is O=C(Cc1ccc(-c2ccccc2)cc1)Nc1ccc(NC(=O)CN2CCOCC2)cc1. The first-order chi connectivity index (χ1) is 15.7. The van der Waals surface area contributed by atoms with Gasteiger partial charge in [0.1, 0.15) is 0 Å². The second kappa shape index (κ2) is 10.7. The second-order valence-corrected chi connectivity index (χ2v) is 7.80. The van der Waals surface area contributed by atoms with Crippen molar-refractivity contribution in [2.45, 2.75) is 6.42 Å². The molecule has 0 atom stereocenters. The van der Waals surface area contributed by atoms with E-state index in [1.54, 1.807) is 24.3 Å². The van der Waals surface area contributed by atoms with Crippen LogP contribution in [-0.2, 0) is 20.7 Å². The maximum Gasteiger partial charge on any atom is 0.238 e. The smallest absolute Gasteiger partial charge is 0.238 e. The number of hydrogen-bond donors (Lipinski definition) is 2. The Morgan fingerprint density at radius 2 is 1.28 bits per heavy atom. The lowest BCUT2D eigenvalue weighted by Crippen LogP contribution is -2.41. The summed E-state index contributed by atoms with van der Waals surface area (Å²) in [5.74, 6) is -0.135. The first kappa shape index (κ1) is 21.7. The van der Waals surface area contributed by atoms with E-state index >= 15 is 0 Å². The lowest BCUT2D eigenvalue weighted by molar-refractivity contribution is -0.118. The highest BCUT2D eigenvalue weighted by atomic mass is 16.5. The van der Waals surface area contributed by atoms with Gasteiger partial charge < -0.3 is 15.4 Å². The molecule has 0 radical (unpaired) electrons. The third-order valence-corrected chi connectivity index (χ3v) is 5.35. The molecule has 32 heavy (non-hydrogen) atoms. The molecule has 3 aromatic rings. The fourth-order valence-electron chi connectivity index (χ4n) is 3.64. The number of ether oxygens (including phenoxy) is 1. The second-order valence-electron chi connectivity index (χ2n) is 7.80. The maximum absolute atomic E-state index is 12.4. The Balaban J connectivity index is 1.26. The molecule has 0 spiro atoms. The van der Waals surface area contributed by atoms with Crippen LogP contribution in [-0.4, -0.2) is 49.6 Å². The number of benzene rings is 3. The summed E-state index contributed by atoms with van der Waals surface area (Å²) < 4.78 is 5.30. The number of nitrogens with one attached hydrogen (secondary N) is 2. The van der Waals surface area contributed by atoms with Gasteiger partial charge in [0.2, 0.25) is 11.8 Å². The average molecular weight is 430 g/mol. The van der Waals surface area contributed by atoms with Crippen LogP contribution in [0.4, 0.5) is 11.4 Å². The minimum atomic E-state index is -0.0819. The van der Waals surface area contributed by atoms with Gasteiger partial charge in [0.15, 0.2) is 0 Å². The molecule has 1 heterocycles. The Morgan fingerprint density at radius 3 is 1.91 bits per heavy atom. The van der Waals surface area contributed by atoms with Crippen molar-refractivity contribution in [2.75, 3.05) is 43.5 Å². The molecule has 164 valence electrons. The maximum atomic E-state index is 12.4. The van der Waals surface area contributed by atoms with Gasteiger partial charge in [-0.2, -0.15) is 0 Å². The van der Waals surface area contributed by atoms with Crippen LogP contribution in [0, 0.1) is 0 Å². The first-order valence-corrected chi connectivity index (χ1v) is 10.8. The van der Waals surface area contributed by atoms with Gasteiger partial charge in [0.05, 0.1) is 26.2 Å². The summed E-state index contributed by atoms with van der Waals surface area (Å²) in [5.41, 5.74) is 4.63. The van der Waals surface area contributed by atoms with Crippen LogP contribution < -0.4 is 10.6 Å². The molecular weight excluding hydrogens is 402 g/mol. The fourth-order valence-corrected chi connectivity index (χ4v) is 3.64. The Kier molecular flexibility index (Phi) is 7.27. The van der Waals surface area contributed by atoms with E-state index in [1.807, 2.05) is 42.5 Å². The summed E-state index contributed by atoms with van der Waals surface area (Å²) in [6, 6.07) is 25.4. The van der Waals surface area contributed by atoms with E-state index in [0.29, 0.717) is 37.6 Å². The Labute approximate surface area is 188 Å². The van der Waals surface area contributed by atoms with Gasteiger partial charge in [0, 0.05) is 24.5 Å². The normalized spacial score (nSPS) is 14.0. The zero-order valence-electron chi connectivity index (χ0n) is 17.9. The summed E-state index contributed by atoms with van der Waals surface area (Å²) in [4.78, 5) is 26.7. The van der Waals surface area contributed by atoms with Crippen molar-refractivity contribution in [1.29, 1.82) is 0 Å². The van der Waals surface area contributed by atoms with E-state index in [2.05, 4.69) is 27.7 Å². The average Bonchev–Trinajstić information content (AvgIpc) is 2.82. The topological polar surface area (TPSA) is 70.7 Å². The molecule has 2 N–H and O–H groups in total. The molecule has 0 aromatic heterocycles. The van der Waals surface area contributed by atoms with Crippen LogP contribution in [0.25, 0.3) is 11.1 Å². The van der Waals surface area contributed by atoms with Crippen molar-refractivity contribution < 1.29 is 14.3 Å². The first-order valence-electron chi connectivity index (χ1n) is 10.8. The number of morpholine rings is 1. The minimum absolute atomic E-state index is 0.0531. The predicted octanol–water partition coefficient (Wildman–Crippen LogP) is 3.81. The molecule has 1 aliphatic heterocycles. The third kappa shape index (κ3) is 6.26. The van der Waals surface area contributed by atoms with E-state index in [-0.39, 0.29) is 11.8 Å². The molecule has 2 amide bonds. The van der Waals surface area contributed by atoms with Crippen molar-refractivity contribution in [3.8, 4) is 11.1 Å². The van der Waals surface area contributed by atoms with Crippen LogP contribution in [0.15, 0.2) is 78.9 Å². The molecule has 0 aliphatic carbocycles. The lowest BCUT2D eigenvalue weighted by atomic mass is 10.0. The summed E-state index contributed by atoms with van der Waals surface area (Å²) in [6.45, 7) is 3.23. The predicted molar refractivity (Wildman–Crippen MR) is 127 cm³/mol. The van der Waals surface area contributed by atoms with Crippen molar-refractivity contribution in [3.63, 3.8) is 0 Å². The summed E-state index contributed by atoms with van der Waals surface area (Å²) >= 11 is 0. The number of amides is 2. The van der Waals surface area contributed by atoms with Crippen molar-refractivity contribution in [1.82, 2.24) is 4.90 Å². The molecule has 6 heteroatoms. The number of carbonyl (C=O) groups is 2. The van der Waals surface area contributed by atoms with Crippen LogP contribution in [0.2, 0.25) is 0 Å². The third-order valence-electron chi connectivity index (χ3n) is 5.35. The number of rotatable bonds is 7. The van der Waals surface area contributed by atoms with Gasteiger partial charge >= 0.3 is 0 Å². The molecule has 0 bridgehead atoms. The van der Waals surface area contributed by atoms with Crippen molar-refractivity contribution in [2.24, 2.45) is 0 Å². The standard InChI is InChI=1S/C26H27N3O3/c30-25(18-20-6-8-22(9-7-20)21-4-2-1-3-5-21)27-23-10-12-24(13-11-23)28-26(31)19-29-14-16-32-17-15-29/h1-13H,14-19H2,(H,27,30)(H,28,31). The van der Waals surface area contributed by atoms with Gasteiger partial charge in [-0.05, 0) is 41.0 Å². The zero-order valence-corrected chi connectivity index (χ0v) is 17.9. The number of nitrogens with zero attached hydrogens (tertiary/aromatic N) is 1. The zero-order chi connectivity index (χ0) is 22.2. The van der Waals surface area contributed by atoms with Crippen LogP contribution in [0.3, 0.4) is 0 Å². The number of anilines is 2.